The summed E-state index contributed by atoms with van der Waals surface area (Å²) in [4.78, 5) is 12.4. The van der Waals surface area contributed by atoms with Gasteiger partial charge in [0, 0.05) is 29.4 Å². The number of rotatable bonds is 6. The van der Waals surface area contributed by atoms with E-state index in [1.165, 1.54) is 0 Å². The number of nitrogens with zero attached hydrogens (tertiary/aromatic N) is 3. The topological polar surface area (TPSA) is 75.6 Å². The number of carbonyl (C=O) groups excluding carboxylic acids is 1. The lowest BCUT2D eigenvalue weighted by Gasteiger charge is -2.13. The molecule has 2 heterocycles. The Kier molecular flexibility index (Phi) is 5.21. The number of H-pyrrole nitrogens is 1. The predicted molar refractivity (Wildman–Crippen MR) is 101 cm³/mol. The van der Waals surface area contributed by atoms with Crippen LogP contribution in [-0.4, -0.2) is 31.9 Å². The molecule has 1 atom stereocenters. The van der Waals surface area contributed by atoms with Crippen molar-refractivity contribution in [2.45, 2.75) is 46.7 Å². The molecule has 0 radical (unpaired) electrons. The van der Waals surface area contributed by atoms with Gasteiger partial charge in [-0.15, -0.1) is 0 Å². The molecule has 136 valence electrons. The number of hydrogen-bond donors (Lipinski definition) is 2. The molecule has 3 aromatic rings. The van der Waals surface area contributed by atoms with Crippen LogP contribution in [0.4, 0.5) is 0 Å². The van der Waals surface area contributed by atoms with E-state index in [1.54, 1.807) is 0 Å². The van der Waals surface area contributed by atoms with E-state index in [9.17, 15) is 4.79 Å². The summed E-state index contributed by atoms with van der Waals surface area (Å²) in [7, 11) is 0. The monoisotopic (exact) mass is 351 g/mol. The highest BCUT2D eigenvalue weighted by Gasteiger charge is 2.12. The Bertz CT molecular complexity index is 891. The average Bonchev–Trinajstić information content (AvgIpc) is 3.12. The number of benzene rings is 1. The molecule has 0 fully saturated rings. The van der Waals surface area contributed by atoms with Gasteiger partial charge < -0.3 is 5.32 Å². The van der Waals surface area contributed by atoms with Crippen LogP contribution in [0.3, 0.4) is 0 Å². The van der Waals surface area contributed by atoms with E-state index in [4.69, 9.17) is 0 Å². The van der Waals surface area contributed by atoms with Gasteiger partial charge >= 0.3 is 0 Å². The molecule has 6 nitrogen and oxygen atoms in total. The number of aromatic nitrogens is 4. The van der Waals surface area contributed by atoms with Crippen molar-refractivity contribution in [2.75, 3.05) is 0 Å². The fraction of sp³-hybridized carbons (Fsp3) is 0.350. The van der Waals surface area contributed by atoms with Crippen molar-refractivity contribution in [1.82, 2.24) is 25.3 Å². The van der Waals surface area contributed by atoms with E-state index in [-0.39, 0.29) is 11.9 Å². The molecular weight excluding hydrogens is 326 g/mol. The summed E-state index contributed by atoms with van der Waals surface area (Å²) in [5, 5.41) is 14.6. The third-order valence-electron chi connectivity index (χ3n) is 4.30. The van der Waals surface area contributed by atoms with Gasteiger partial charge in [-0.3, -0.25) is 14.6 Å². The Morgan fingerprint density at radius 1 is 1.19 bits per heavy atom. The molecule has 2 aromatic heterocycles. The Morgan fingerprint density at radius 3 is 2.50 bits per heavy atom. The van der Waals surface area contributed by atoms with Gasteiger partial charge in [0.05, 0.1) is 17.9 Å². The average molecular weight is 351 g/mol. The summed E-state index contributed by atoms with van der Waals surface area (Å²) in [5.74, 6) is -0.0672. The van der Waals surface area contributed by atoms with E-state index in [0.717, 1.165) is 28.3 Å². The summed E-state index contributed by atoms with van der Waals surface area (Å²) in [6, 6.07) is 11.8. The van der Waals surface area contributed by atoms with Gasteiger partial charge in [0.1, 0.15) is 0 Å². The number of aromatic amines is 1. The largest absolute Gasteiger partial charge is 0.349 e. The first-order valence-electron chi connectivity index (χ1n) is 8.82. The predicted octanol–water partition coefficient (Wildman–Crippen LogP) is 2.94. The molecule has 0 saturated carbocycles. The van der Waals surface area contributed by atoms with E-state index in [0.29, 0.717) is 18.5 Å². The number of carbonyl (C=O) groups is 1. The molecular formula is C20H25N5O. The molecule has 0 aliphatic rings. The van der Waals surface area contributed by atoms with Crippen LogP contribution in [0, 0.1) is 20.8 Å². The molecule has 1 amide bonds. The Balaban J connectivity index is 1.58. The van der Waals surface area contributed by atoms with Crippen LogP contribution < -0.4 is 5.32 Å². The molecule has 3 rings (SSSR count). The summed E-state index contributed by atoms with van der Waals surface area (Å²) in [5.41, 5.74) is 5.90. The van der Waals surface area contributed by atoms with Crippen molar-refractivity contribution in [1.29, 1.82) is 0 Å². The summed E-state index contributed by atoms with van der Waals surface area (Å²) in [6.07, 6.45) is 0.700. The van der Waals surface area contributed by atoms with Crippen molar-refractivity contribution >= 4 is 5.91 Å². The van der Waals surface area contributed by atoms with Gasteiger partial charge in [-0.25, -0.2) is 0 Å². The van der Waals surface area contributed by atoms with E-state index < -0.39 is 0 Å². The van der Waals surface area contributed by atoms with Gasteiger partial charge in [0.2, 0.25) is 0 Å². The first-order valence-corrected chi connectivity index (χ1v) is 8.82. The number of hydrogen-bond acceptors (Lipinski definition) is 3. The normalized spacial score (nSPS) is 12.2. The quantitative estimate of drug-likeness (QED) is 0.717. The fourth-order valence-electron chi connectivity index (χ4n) is 3.02. The zero-order valence-corrected chi connectivity index (χ0v) is 15.7. The summed E-state index contributed by atoms with van der Waals surface area (Å²) < 4.78 is 1.97. The van der Waals surface area contributed by atoms with Crippen LogP contribution >= 0.6 is 0 Å². The van der Waals surface area contributed by atoms with E-state index in [2.05, 4.69) is 26.7 Å². The van der Waals surface area contributed by atoms with Crippen molar-refractivity contribution in [2.24, 2.45) is 0 Å². The highest BCUT2D eigenvalue weighted by atomic mass is 16.1. The first kappa shape index (κ1) is 17.9. The van der Waals surface area contributed by atoms with Crippen LogP contribution in [0.1, 0.15) is 45.6 Å². The van der Waals surface area contributed by atoms with Gasteiger partial charge in [-0.2, -0.15) is 10.2 Å². The minimum absolute atomic E-state index is 0.0135. The maximum absolute atomic E-state index is 12.4. The van der Waals surface area contributed by atoms with E-state index in [1.807, 2.05) is 62.7 Å². The molecule has 0 aliphatic carbocycles. The van der Waals surface area contributed by atoms with Crippen LogP contribution in [-0.2, 0) is 13.0 Å². The Labute approximate surface area is 153 Å². The lowest BCUT2D eigenvalue weighted by Crippen LogP contribution is -2.34. The zero-order valence-electron chi connectivity index (χ0n) is 15.7. The highest BCUT2D eigenvalue weighted by Crippen LogP contribution is 2.10. The van der Waals surface area contributed by atoms with Crippen LogP contribution in [0.5, 0.6) is 0 Å². The van der Waals surface area contributed by atoms with E-state index >= 15 is 0 Å². The summed E-state index contributed by atoms with van der Waals surface area (Å²) in [6.45, 7) is 8.69. The van der Waals surface area contributed by atoms with Gasteiger partial charge in [-0.1, -0.05) is 12.1 Å². The molecule has 0 saturated heterocycles. The van der Waals surface area contributed by atoms with Crippen molar-refractivity contribution in [3.8, 4) is 0 Å². The standard InChI is InChI=1S/C20H25N5O/c1-13(10-19-11-14(2)22-23-19)21-20(26)18-7-5-17(6-8-18)12-25-16(4)9-15(3)24-25/h5-9,11,13H,10,12H2,1-4H3,(H,21,26)(H,22,23)/t13-/m1/s1. The Morgan fingerprint density at radius 2 is 1.92 bits per heavy atom. The van der Waals surface area contributed by atoms with Gasteiger partial charge in [-0.05, 0) is 57.5 Å². The van der Waals surface area contributed by atoms with Crippen LogP contribution in [0.2, 0.25) is 0 Å². The smallest absolute Gasteiger partial charge is 0.251 e. The first-order chi connectivity index (χ1) is 12.4. The second-order valence-electron chi connectivity index (χ2n) is 6.90. The number of amides is 1. The molecule has 0 bridgehead atoms. The molecule has 0 aliphatic heterocycles. The molecule has 0 spiro atoms. The zero-order chi connectivity index (χ0) is 18.7. The highest BCUT2D eigenvalue weighted by molar-refractivity contribution is 5.94. The van der Waals surface area contributed by atoms with Crippen LogP contribution in [0.15, 0.2) is 36.4 Å². The minimum Gasteiger partial charge on any atom is -0.349 e. The second-order valence-corrected chi connectivity index (χ2v) is 6.90. The molecule has 26 heavy (non-hydrogen) atoms. The number of nitrogens with one attached hydrogen (secondary N) is 2. The lowest BCUT2D eigenvalue weighted by molar-refractivity contribution is 0.0940. The van der Waals surface area contributed by atoms with Gasteiger partial charge in [0.25, 0.3) is 5.91 Å². The fourth-order valence-corrected chi connectivity index (χ4v) is 3.02. The SMILES string of the molecule is Cc1cc(C)n(Cc2ccc(C(=O)N[C@H](C)Cc3cc(C)[nH]n3)cc2)n1. The van der Waals surface area contributed by atoms with Crippen molar-refractivity contribution in [3.05, 3.63) is 70.3 Å². The van der Waals surface area contributed by atoms with Crippen molar-refractivity contribution < 1.29 is 4.79 Å². The third kappa shape index (κ3) is 4.39. The Hall–Kier alpha value is -2.89. The van der Waals surface area contributed by atoms with Crippen molar-refractivity contribution in [3.63, 3.8) is 0 Å². The maximum Gasteiger partial charge on any atom is 0.251 e. The lowest BCUT2D eigenvalue weighted by atomic mass is 10.1. The minimum atomic E-state index is -0.0672. The van der Waals surface area contributed by atoms with Gasteiger partial charge in [0.15, 0.2) is 0 Å². The molecule has 2 N–H and O–H groups in total. The second kappa shape index (κ2) is 7.56. The molecule has 1 aromatic carbocycles. The molecule has 0 unspecified atom stereocenters. The molecule has 6 heteroatoms. The van der Waals surface area contributed by atoms with Crippen LogP contribution in [0.25, 0.3) is 0 Å². The maximum atomic E-state index is 12.4. The number of aryl methyl sites for hydroxylation is 3. The summed E-state index contributed by atoms with van der Waals surface area (Å²) >= 11 is 0. The third-order valence-corrected chi connectivity index (χ3v) is 4.30.